The number of ether oxygens (including phenoxy) is 2. The second kappa shape index (κ2) is 10.1. The summed E-state index contributed by atoms with van der Waals surface area (Å²) in [4.78, 5) is 16.0. The van der Waals surface area contributed by atoms with E-state index in [4.69, 9.17) is 20.2 Å². The third-order valence-corrected chi connectivity index (χ3v) is 4.22. The van der Waals surface area contributed by atoms with Gasteiger partial charge in [0, 0.05) is 19.2 Å². The van der Waals surface area contributed by atoms with Crippen LogP contribution in [0.3, 0.4) is 0 Å². The Morgan fingerprint density at radius 3 is 2.85 bits per heavy atom. The van der Waals surface area contributed by atoms with E-state index in [1.165, 1.54) is 0 Å². The van der Waals surface area contributed by atoms with Crippen molar-refractivity contribution < 1.29 is 14.3 Å². The lowest BCUT2D eigenvalue weighted by molar-refractivity contribution is -0.119. The minimum atomic E-state index is -0.414. The maximum Gasteiger partial charge on any atom is 0.234 e. The number of nitrogens with one attached hydrogen (secondary N) is 1. The van der Waals surface area contributed by atoms with E-state index in [1.807, 2.05) is 25.1 Å². The number of amides is 1. The van der Waals surface area contributed by atoms with Gasteiger partial charge in [0.25, 0.3) is 0 Å². The standard InChI is InChI=1S/C19H30N4O3/c1-4-6-10-26-15-7-8-16-17(12-15)23(9-11-25-5-2)18(22-16)13-21-14(3)19(20)24/h7-8,12,14,21H,4-6,9-11,13H2,1-3H3,(H2,20,24)/t14-/m0/s1. The van der Waals surface area contributed by atoms with E-state index in [2.05, 4.69) is 16.8 Å². The minimum absolute atomic E-state index is 0.381. The van der Waals surface area contributed by atoms with Crippen LogP contribution in [0.15, 0.2) is 18.2 Å². The summed E-state index contributed by atoms with van der Waals surface area (Å²) >= 11 is 0. The fraction of sp³-hybridized carbons (Fsp3) is 0.579. The van der Waals surface area contributed by atoms with E-state index < -0.39 is 6.04 Å². The van der Waals surface area contributed by atoms with Gasteiger partial charge in [-0.15, -0.1) is 0 Å². The SMILES string of the molecule is CCCCOc1ccc2nc(CN[C@@H](C)C(N)=O)n(CCOCC)c2c1. The van der Waals surface area contributed by atoms with E-state index in [1.54, 1.807) is 6.92 Å². The molecule has 0 saturated carbocycles. The summed E-state index contributed by atoms with van der Waals surface area (Å²) < 4.78 is 13.4. The number of imidazole rings is 1. The molecule has 2 rings (SSSR count). The van der Waals surface area contributed by atoms with Gasteiger partial charge < -0.3 is 19.8 Å². The molecular formula is C19H30N4O3. The summed E-state index contributed by atoms with van der Waals surface area (Å²) in [5.41, 5.74) is 7.22. The summed E-state index contributed by atoms with van der Waals surface area (Å²) in [7, 11) is 0. The third-order valence-electron chi connectivity index (χ3n) is 4.22. The van der Waals surface area contributed by atoms with Crippen LogP contribution in [0, 0.1) is 0 Å². The smallest absolute Gasteiger partial charge is 0.234 e. The van der Waals surface area contributed by atoms with E-state index in [9.17, 15) is 4.79 Å². The maximum atomic E-state index is 11.3. The molecule has 1 heterocycles. The summed E-state index contributed by atoms with van der Waals surface area (Å²) in [6, 6.07) is 5.52. The lowest BCUT2D eigenvalue weighted by Crippen LogP contribution is -2.38. The highest BCUT2D eigenvalue weighted by Gasteiger charge is 2.14. The number of aromatic nitrogens is 2. The van der Waals surface area contributed by atoms with Crippen LogP contribution in [-0.4, -0.2) is 41.3 Å². The van der Waals surface area contributed by atoms with Crippen LogP contribution in [0.5, 0.6) is 5.75 Å². The molecule has 0 unspecified atom stereocenters. The van der Waals surface area contributed by atoms with Crippen molar-refractivity contribution in [3.05, 3.63) is 24.0 Å². The Bertz CT molecular complexity index is 714. The lowest BCUT2D eigenvalue weighted by Gasteiger charge is -2.13. The molecule has 0 aliphatic carbocycles. The molecule has 144 valence electrons. The second-order valence-corrected chi connectivity index (χ2v) is 6.23. The predicted octanol–water partition coefficient (Wildman–Crippen LogP) is 2.22. The van der Waals surface area contributed by atoms with Gasteiger partial charge in [0.15, 0.2) is 0 Å². The minimum Gasteiger partial charge on any atom is -0.494 e. The molecule has 7 nitrogen and oxygen atoms in total. The zero-order chi connectivity index (χ0) is 18.9. The van der Waals surface area contributed by atoms with Crippen molar-refractivity contribution >= 4 is 16.9 Å². The topological polar surface area (TPSA) is 91.4 Å². The van der Waals surface area contributed by atoms with Crippen molar-refractivity contribution in [2.75, 3.05) is 19.8 Å². The summed E-state index contributed by atoms with van der Waals surface area (Å²) in [6.07, 6.45) is 2.13. The first-order valence-electron chi connectivity index (χ1n) is 9.29. The molecule has 1 aromatic heterocycles. The highest BCUT2D eigenvalue weighted by atomic mass is 16.5. The van der Waals surface area contributed by atoms with Crippen molar-refractivity contribution in [3.63, 3.8) is 0 Å². The monoisotopic (exact) mass is 362 g/mol. The summed E-state index contributed by atoms with van der Waals surface area (Å²) in [5.74, 6) is 1.31. The molecular weight excluding hydrogens is 332 g/mol. The Morgan fingerprint density at radius 1 is 1.35 bits per heavy atom. The Balaban J connectivity index is 2.24. The van der Waals surface area contributed by atoms with Crippen LogP contribution in [-0.2, 0) is 22.6 Å². The second-order valence-electron chi connectivity index (χ2n) is 6.23. The predicted molar refractivity (Wildman–Crippen MR) is 102 cm³/mol. The fourth-order valence-electron chi connectivity index (χ4n) is 2.61. The molecule has 1 atom stereocenters. The van der Waals surface area contributed by atoms with Crippen molar-refractivity contribution in [1.82, 2.24) is 14.9 Å². The molecule has 7 heteroatoms. The number of carbonyl (C=O) groups is 1. The van der Waals surface area contributed by atoms with Gasteiger partial charge in [-0.25, -0.2) is 4.98 Å². The Kier molecular flexibility index (Phi) is 7.87. The highest BCUT2D eigenvalue weighted by molar-refractivity contribution is 5.79. The van der Waals surface area contributed by atoms with Gasteiger partial charge in [-0.1, -0.05) is 13.3 Å². The molecule has 0 aliphatic rings. The first kappa shape index (κ1) is 20.2. The Hall–Kier alpha value is -2.12. The van der Waals surface area contributed by atoms with Crippen LogP contribution >= 0.6 is 0 Å². The van der Waals surface area contributed by atoms with Gasteiger partial charge in [0.05, 0.1) is 36.8 Å². The molecule has 0 bridgehead atoms. The van der Waals surface area contributed by atoms with E-state index in [0.717, 1.165) is 35.4 Å². The third kappa shape index (κ3) is 5.44. The van der Waals surface area contributed by atoms with Crippen LogP contribution in [0.2, 0.25) is 0 Å². The van der Waals surface area contributed by atoms with Crippen molar-refractivity contribution in [2.24, 2.45) is 5.73 Å². The van der Waals surface area contributed by atoms with Gasteiger partial charge >= 0.3 is 0 Å². The van der Waals surface area contributed by atoms with Crippen molar-refractivity contribution in [2.45, 2.75) is 52.7 Å². The number of hydrogen-bond donors (Lipinski definition) is 2. The zero-order valence-electron chi connectivity index (χ0n) is 16.0. The molecule has 1 aromatic carbocycles. The molecule has 26 heavy (non-hydrogen) atoms. The van der Waals surface area contributed by atoms with Crippen molar-refractivity contribution in [1.29, 1.82) is 0 Å². The number of nitrogens with two attached hydrogens (primary N) is 1. The number of rotatable bonds is 12. The van der Waals surface area contributed by atoms with Crippen LogP contribution in [0.4, 0.5) is 0 Å². The molecule has 0 spiro atoms. The van der Waals surface area contributed by atoms with Crippen molar-refractivity contribution in [3.8, 4) is 5.75 Å². The van der Waals surface area contributed by atoms with E-state index >= 15 is 0 Å². The number of primary amides is 1. The average molecular weight is 362 g/mol. The van der Waals surface area contributed by atoms with Gasteiger partial charge in [-0.2, -0.15) is 0 Å². The lowest BCUT2D eigenvalue weighted by atomic mass is 10.3. The molecule has 0 fully saturated rings. The number of unbranched alkanes of at least 4 members (excludes halogenated alkanes) is 1. The van der Waals surface area contributed by atoms with Crippen LogP contribution in [0.1, 0.15) is 39.4 Å². The first-order chi connectivity index (χ1) is 12.6. The molecule has 0 aliphatic heterocycles. The first-order valence-corrected chi connectivity index (χ1v) is 9.29. The highest BCUT2D eigenvalue weighted by Crippen LogP contribution is 2.23. The normalized spacial score (nSPS) is 12.4. The number of hydrogen-bond acceptors (Lipinski definition) is 5. The Morgan fingerprint density at radius 2 is 2.15 bits per heavy atom. The van der Waals surface area contributed by atoms with E-state index in [0.29, 0.717) is 32.9 Å². The number of nitrogens with zero attached hydrogens (tertiary/aromatic N) is 2. The van der Waals surface area contributed by atoms with Gasteiger partial charge in [-0.3, -0.25) is 10.1 Å². The molecule has 0 saturated heterocycles. The summed E-state index contributed by atoms with van der Waals surface area (Å²) in [5, 5.41) is 3.12. The summed E-state index contributed by atoms with van der Waals surface area (Å²) in [6.45, 7) is 8.98. The Labute approximate surface area is 154 Å². The molecule has 2 aromatic rings. The molecule has 3 N–H and O–H groups in total. The molecule has 0 radical (unpaired) electrons. The number of fused-ring (bicyclic) bond motifs is 1. The van der Waals surface area contributed by atoms with Gasteiger partial charge in [0.2, 0.25) is 5.91 Å². The molecule has 1 amide bonds. The number of carbonyl (C=O) groups excluding carboxylic acids is 1. The largest absolute Gasteiger partial charge is 0.494 e. The number of benzene rings is 1. The van der Waals surface area contributed by atoms with Gasteiger partial charge in [-0.05, 0) is 32.4 Å². The zero-order valence-corrected chi connectivity index (χ0v) is 16.0. The average Bonchev–Trinajstić information content (AvgIpc) is 2.97. The van der Waals surface area contributed by atoms with Gasteiger partial charge in [0.1, 0.15) is 11.6 Å². The fourth-order valence-corrected chi connectivity index (χ4v) is 2.61. The van der Waals surface area contributed by atoms with Crippen LogP contribution < -0.4 is 15.8 Å². The van der Waals surface area contributed by atoms with E-state index in [-0.39, 0.29) is 5.91 Å². The van der Waals surface area contributed by atoms with Crippen LogP contribution in [0.25, 0.3) is 11.0 Å². The maximum absolute atomic E-state index is 11.3. The quantitative estimate of drug-likeness (QED) is 0.565.